The maximum Gasteiger partial charge on any atom is 0.193 e. The van der Waals surface area contributed by atoms with E-state index in [9.17, 15) is 0 Å². The molecule has 0 saturated carbocycles. The summed E-state index contributed by atoms with van der Waals surface area (Å²) < 4.78 is 11.3. The van der Waals surface area contributed by atoms with Gasteiger partial charge in [0, 0.05) is 24.7 Å². The standard InChI is InChI=1S/C16H23N3O2S/c17-16(18-10-12-3-1-8-22-11-12)19-13-4-5-14-15(9-13)21-7-2-6-20-14/h4-5,9,12H,1-3,6-8,10-11H2,(H3,17,18,19). The van der Waals surface area contributed by atoms with Gasteiger partial charge in [0.1, 0.15) is 0 Å². The summed E-state index contributed by atoms with van der Waals surface area (Å²) in [4.78, 5) is 4.47. The Kier molecular flexibility index (Phi) is 5.32. The molecule has 2 aliphatic rings. The van der Waals surface area contributed by atoms with E-state index in [1.807, 2.05) is 30.0 Å². The number of thioether (sulfide) groups is 1. The molecule has 1 aromatic rings. The van der Waals surface area contributed by atoms with Crippen LogP contribution in [-0.2, 0) is 0 Å². The van der Waals surface area contributed by atoms with Crippen LogP contribution in [-0.4, -0.2) is 37.2 Å². The van der Waals surface area contributed by atoms with Crippen LogP contribution in [0.4, 0.5) is 5.69 Å². The quantitative estimate of drug-likeness (QED) is 0.662. The molecule has 0 amide bonds. The zero-order chi connectivity index (χ0) is 15.2. The summed E-state index contributed by atoms with van der Waals surface area (Å²) in [5, 5.41) is 3.14. The lowest BCUT2D eigenvalue weighted by Crippen LogP contribution is -2.24. The third kappa shape index (κ3) is 4.22. The summed E-state index contributed by atoms with van der Waals surface area (Å²) in [6.45, 7) is 2.18. The Balaban J connectivity index is 1.58. The summed E-state index contributed by atoms with van der Waals surface area (Å²) in [6.07, 6.45) is 3.45. The van der Waals surface area contributed by atoms with Gasteiger partial charge in [0.05, 0.1) is 13.2 Å². The third-order valence-electron chi connectivity index (χ3n) is 3.79. The van der Waals surface area contributed by atoms with Gasteiger partial charge in [0.25, 0.3) is 0 Å². The highest BCUT2D eigenvalue weighted by Crippen LogP contribution is 2.32. The maximum atomic E-state index is 5.99. The van der Waals surface area contributed by atoms with Gasteiger partial charge in [-0.3, -0.25) is 4.99 Å². The van der Waals surface area contributed by atoms with Crippen LogP contribution in [0.5, 0.6) is 11.5 Å². The van der Waals surface area contributed by atoms with Crippen LogP contribution >= 0.6 is 11.8 Å². The van der Waals surface area contributed by atoms with E-state index in [-0.39, 0.29) is 0 Å². The molecule has 120 valence electrons. The monoisotopic (exact) mass is 321 g/mol. The molecular formula is C16H23N3O2S. The number of anilines is 1. The third-order valence-corrected chi connectivity index (χ3v) is 5.08. The largest absolute Gasteiger partial charge is 0.490 e. The van der Waals surface area contributed by atoms with Gasteiger partial charge in [-0.1, -0.05) is 0 Å². The highest BCUT2D eigenvalue weighted by Gasteiger charge is 2.13. The van der Waals surface area contributed by atoms with E-state index in [2.05, 4.69) is 10.3 Å². The minimum absolute atomic E-state index is 0.463. The zero-order valence-corrected chi connectivity index (χ0v) is 13.5. The normalized spacial score (nSPS) is 22.0. The number of hydrogen-bond acceptors (Lipinski definition) is 4. The molecule has 6 heteroatoms. The van der Waals surface area contributed by atoms with Crippen LogP contribution in [0.25, 0.3) is 0 Å². The molecule has 1 fully saturated rings. The van der Waals surface area contributed by atoms with E-state index in [1.165, 1.54) is 24.3 Å². The Morgan fingerprint density at radius 1 is 1.27 bits per heavy atom. The number of nitrogens with zero attached hydrogens (tertiary/aromatic N) is 1. The first-order chi connectivity index (χ1) is 10.8. The van der Waals surface area contributed by atoms with Crippen molar-refractivity contribution in [1.82, 2.24) is 0 Å². The van der Waals surface area contributed by atoms with Gasteiger partial charge in [0.2, 0.25) is 0 Å². The minimum atomic E-state index is 0.463. The smallest absolute Gasteiger partial charge is 0.193 e. The Morgan fingerprint density at radius 2 is 2.14 bits per heavy atom. The van der Waals surface area contributed by atoms with E-state index in [1.54, 1.807) is 0 Å². The maximum absolute atomic E-state index is 5.99. The number of aliphatic imine (C=N–C) groups is 1. The van der Waals surface area contributed by atoms with Gasteiger partial charge in [-0.25, -0.2) is 0 Å². The number of hydrogen-bond donors (Lipinski definition) is 2. The number of ether oxygens (including phenoxy) is 2. The van der Waals surface area contributed by atoms with Crippen LogP contribution in [0.1, 0.15) is 19.3 Å². The molecule has 3 rings (SSSR count). The van der Waals surface area contributed by atoms with Crippen molar-refractivity contribution in [3.63, 3.8) is 0 Å². The molecule has 0 radical (unpaired) electrons. The van der Waals surface area contributed by atoms with Gasteiger partial charge in [0.15, 0.2) is 17.5 Å². The van der Waals surface area contributed by atoms with Gasteiger partial charge in [-0.2, -0.15) is 11.8 Å². The van der Waals surface area contributed by atoms with E-state index >= 15 is 0 Å². The Morgan fingerprint density at radius 3 is 2.95 bits per heavy atom. The highest BCUT2D eigenvalue weighted by atomic mass is 32.2. The van der Waals surface area contributed by atoms with Gasteiger partial charge >= 0.3 is 0 Å². The Labute approximate surface area is 135 Å². The van der Waals surface area contributed by atoms with Crippen molar-refractivity contribution in [2.45, 2.75) is 19.3 Å². The summed E-state index contributed by atoms with van der Waals surface area (Å²) >= 11 is 2.02. The van der Waals surface area contributed by atoms with Crippen molar-refractivity contribution < 1.29 is 9.47 Å². The fourth-order valence-electron chi connectivity index (χ4n) is 2.61. The summed E-state index contributed by atoms with van der Waals surface area (Å²) in [6, 6.07) is 5.76. The molecule has 0 spiro atoms. The molecule has 5 nitrogen and oxygen atoms in total. The first-order valence-corrected chi connectivity index (χ1v) is 9.01. The van der Waals surface area contributed by atoms with Crippen molar-refractivity contribution in [3.05, 3.63) is 18.2 Å². The molecular weight excluding hydrogens is 298 g/mol. The topological polar surface area (TPSA) is 68.9 Å². The number of guanidine groups is 1. The number of rotatable bonds is 3. The molecule has 3 N–H and O–H groups in total. The van der Waals surface area contributed by atoms with Crippen molar-refractivity contribution in [2.75, 3.05) is 36.6 Å². The predicted molar refractivity (Wildman–Crippen MR) is 92.2 cm³/mol. The first-order valence-electron chi connectivity index (χ1n) is 7.85. The number of benzene rings is 1. The number of fused-ring (bicyclic) bond motifs is 1. The molecule has 2 heterocycles. The average Bonchev–Trinajstić information content (AvgIpc) is 2.79. The van der Waals surface area contributed by atoms with Gasteiger partial charge in [-0.15, -0.1) is 0 Å². The van der Waals surface area contributed by atoms with Crippen LogP contribution in [0.2, 0.25) is 0 Å². The van der Waals surface area contributed by atoms with Crippen LogP contribution in [0.3, 0.4) is 0 Å². The second kappa shape index (κ2) is 7.63. The van der Waals surface area contributed by atoms with Crippen molar-refractivity contribution in [3.8, 4) is 11.5 Å². The second-order valence-corrected chi connectivity index (χ2v) is 6.80. The molecule has 1 aromatic carbocycles. The zero-order valence-electron chi connectivity index (χ0n) is 12.7. The van der Waals surface area contributed by atoms with Crippen LogP contribution in [0.15, 0.2) is 23.2 Å². The summed E-state index contributed by atoms with van der Waals surface area (Å²) in [5.74, 6) is 5.15. The Hall–Kier alpha value is -1.56. The molecule has 0 aromatic heterocycles. The molecule has 2 aliphatic heterocycles. The summed E-state index contributed by atoms with van der Waals surface area (Å²) in [7, 11) is 0. The predicted octanol–water partition coefficient (Wildman–Crippen LogP) is 2.72. The molecule has 22 heavy (non-hydrogen) atoms. The Bertz CT molecular complexity index is 530. The first kappa shape index (κ1) is 15.3. The van der Waals surface area contributed by atoms with E-state index in [0.29, 0.717) is 25.1 Å². The molecule has 0 bridgehead atoms. The number of nitrogens with one attached hydrogen (secondary N) is 1. The van der Waals surface area contributed by atoms with Gasteiger partial charge < -0.3 is 20.5 Å². The molecule has 1 saturated heterocycles. The molecule has 1 atom stereocenters. The van der Waals surface area contributed by atoms with Crippen molar-refractivity contribution in [1.29, 1.82) is 0 Å². The average molecular weight is 321 g/mol. The van der Waals surface area contributed by atoms with Crippen LogP contribution in [0, 0.1) is 5.92 Å². The molecule has 0 aliphatic carbocycles. The minimum Gasteiger partial charge on any atom is -0.490 e. The lowest BCUT2D eigenvalue weighted by atomic mass is 10.1. The fourth-order valence-corrected chi connectivity index (χ4v) is 3.75. The highest BCUT2D eigenvalue weighted by molar-refractivity contribution is 7.99. The fraction of sp³-hybridized carbons (Fsp3) is 0.562. The summed E-state index contributed by atoms with van der Waals surface area (Å²) in [5.41, 5.74) is 6.87. The molecule has 1 unspecified atom stereocenters. The van der Waals surface area contributed by atoms with E-state index in [0.717, 1.165) is 30.2 Å². The van der Waals surface area contributed by atoms with Gasteiger partial charge in [-0.05, 0) is 42.4 Å². The lowest BCUT2D eigenvalue weighted by Gasteiger charge is -2.19. The number of nitrogens with two attached hydrogens (primary N) is 1. The van der Waals surface area contributed by atoms with Crippen molar-refractivity contribution >= 4 is 23.4 Å². The van der Waals surface area contributed by atoms with Crippen LogP contribution < -0.4 is 20.5 Å². The SMILES string of the molecule is NC(=NCC1CCCSC1)Nc1ccc2c(c1)OCCCO2. The lowest BCUT2D eigenvalue weighted by molar-refractivity contribution is 0.297. The van der Waals surface area contributed by atoms with E-state index < -0.39 is 0 Å². The van der Waals surface area contributed by atoms with Crippen molar-refractivity contribution in [2.24, 2.45) is 16.6 Å². The van der Waals surface area contributed by atoms with E-state index in [4.69, 9.17) is 15.2 Å². The second-order valence-electron chi connectivity index (χ2n) is 5.65.